The minimum atomic E-state index is -0.343. The van der Waals surface area contributed by atoms with Crippen LogP contribution in [0.15, 0.2) is 30.5 Å². The van der Waals surface area contributed by atoms with Crippen molar-refractivity contribution in [3.63, 3.8) is 0 Å². The molecule has 0 aliphatic carbocycles. The van der Waals surface area contributed by atoms with Crippen molar-refractivity contribution in [2.45, 2.75) is 19.4 Å². The second kappa shape index (κ2) is 8.42. The number of nitro benzene ring substituents is 1. The summed E-state index contributed by atoms with van der Waals surface area (Å²) < 4.78 is 2.19. The lowest BCUT2D eigenvalue weighted by atomic mass is 10.2. The average molecular weight is 345 g/mol. The van der Waals surface area contributed by atoms with E-state index >= 15 is 0 Å². The highest BCUT2D eigenvalue weighted by Crippen LogP contribution is 2.22. The average Bonchev–Trinajstić information content (AvgIpc) is 3.03. The molecule has 0 amide bonds. The van der Waals surface area contributed by atoms with Gasteiger partial charge in [0.2, 0.25) is 0 Å². The molecule has 1 aromatic heterocycles. The molecule has 1 aliphatic rings. The van der Waals surface area contributed by atoms with Gasteiger partial charge in [0.1, 0.15) is 0 Å². The molecule has 2 heterocycles. The van der Waals surface area contributed by atoms with Gasteiger partial charge in [0.05, 0.1) is 4.92 Å². The van der Waals surface area contributed by atoms with Gasteiger partial charge in [0.25, 0.3) is 5.69 Å². The van der Waals surface area contributed by atoms with Crippen LogP contribution in [0, 0.1) is 10.1 Å². The third kappa shape index (κ3) is 4.56. The summed E-state index contributed by atoms with van der Waals surface area (Å²) in [4.78, 5) is 15.5. The van der Waals surface area contributed by atoms with E-state index in [4.69, 9.17) is 5.73 Å². The van der Waals surface area contributed by atoms with Gasteiger partial charge in [-0.05, 0) is 44.6 Å². The fourth-order valence-electron chi connectivity index (χ4n) is 3.51. The highest BCUT2D eigenvalue weighted by atomic mass is 16.6. The highest BCUT2D eigenvalue weighted by Gasteiger charge is 2.16. The number of hydrogen-bond donors (Lipinski definition) is 1. The van der Waals surface area contributed by atoms with Crippen LogP contribution in [0.5, 0.6) is 0 Å². The Morgan fingerprint density at radius 1 is 1.00 bits per heavy atom. The van der Waals surface area contributed by atoms with Crippen LogP contribution < -0.4 is 5.73 Å². The molecule has 7 heteroatoms. The van der Waals surface area contributed by atoms with Crippen molar-refractivity contribution in [3.05, 3.63) is 40.6 Å². The first-order chi connectivity index (χ1) is 12.2. The molecule has 2 aromatic rings. The lowest BCUT2D eigenvalue weighted by Gasteiger charge is -2.34. The Balaban J connectivity index is 1.47. The van der Waals surface area contributed by atoms with Crippen molar-refractivity contribution >= 4 is 16.6 Å². The molecular weight excluding hydrogens is 318 g/mol. The molecule has 0 radical (unpaired) electrons. The molecule has 0 spiro atoms. The number of fused-ring (bicyclic) bond motifs is 1. The normalized spacial score (nSPS) is 16.5. The monoisotopic (exact) mass is 345 g/mol. The van der Waals surface area contributed by atoms with Gasteiger partial charge in [-0.1, -0.05) is 0 Å². The van der Waals surface area contributed by atoms with Crippen LogP contribution in [0.3, 0.4) is 0 Å². The van der Waals surface area contributed by atoms with E-state index in [2.05, 4.69) is 14.4 Å². The fraction of sp³-hybridized carbons (Fsp3) is 0.556. The Hall–Kier alpha value is -1.96. The zero-order chi connectivity index (χ0) is 17.6. The summed E-state index contributed by atoms with van der Waals surface area (Å²) in [6.07, 6.45) is 4.20. The molecule has 7 nitrogen and oxygen atoms in total. The fourth-order valence-corrected chi connectivity index (χ4v) is 3.51. The number of hydrogen-bond acceptors (Lipinski definition) is 5. The molecule has 0 bridgehead atoms. The van der Waals surface area contributed by atoms with Crippen molar-refractivity contribution in [2.24, 2.45) is 5.73 Å². The molecular formula is C18H27N5O2. The molecule has 3 rings (SSSR count). The molecule has 0 unspecified atom stereocenters. The van der Waals surface area contributed by atoms with Gasteiger partial charge in [-0.2, -0.15) is 0 Å². The zero-order valence-electron chi connectivity index (χ0n) is 14.6. The minimum absolute atomic E-state index is 0.151. The van der Waals surface area contributed by atoms with Crippen molar-refractivity contribution in [1.29, 1.82) is 0 Å². The van der Waals surface area contributed by atoms with Crippen molar-refractivity contribution in [3.8, 4) is 0 Å². The quantitative estimate of drug-likeness (QED) is 0.584. The molecule has 1 aromatic carbocycles. The maximum Gasteiger partial charge on any atom is 0.270 e. The molecule has 2 N–H and O–H groups in total. The van der Waals surface area contributed by atoms with E-state index in [0.717, 1.165) is 76.1 Å². The number of nitrogens with zero attached hydrogens (tertiary/aromatic N) is 4. The van der Waals surface area contributed by atoms with Crippen molar-refractivity contribution in [2.75, 3.05) is 45.8 Å². The standard InChI is InChI=1S/C18H27N5O2/c19-6-1-7-20-11-13-21(14-12-20)8-2-9-22-10-5-16-15-17(23(24)25)3-4-18(16)22/h3-5,10,15H,1-2,6-9,11-14,19H2. The Morgan fingerprint density at radius 3 is 2.32 bits per heavy atom. The molecule has 1 aliphatic heterocycles. The second-order valence-corrected chi connectivity index (χ2v) is 6.69. The number of aromatic nitrogens is 1. The van der Waals surface area contributed by atoms with Crippen LogP contribution in [-0.4, -0.2) is 65.1 Å². The lowest BCUT2D eigenvalue weighted by molar-refractivity contribution is -0.384. The SMILES string of the molecule is NCCCN1CCN(CCCn2ccc3cc([N+](=O)[O-])ccc32)CC1. The zero-order valence-corrected chi connectivity index (χ0v) is 14.6. The summed E-state index contributed by atoms with van der Waals surface area (Å²) in [5.41, 5.74) is 6.79. The Labute approximate surface area is 148 Å². The first-order valence-electron chi connectivity index (χ1n) is 9.05. The third-order valence-corrected chi connectivity index (χ3v) is 4.98. The Bertz CT molecular complexity index is 707. The van der Waals surface area contributed by atoms with Gasteiger partial charge in [-0.15, -0.1) is 0 Å². The van der Waals surface area contributed by atoms with E-state index in [1.807, 2.05) is 18.3 Å². The summed E-state index contributed by atoms with van der Waals surface area (Å²) in [5.74, 6) is 0. The summed E-state index contributed by atoms with van der Waals surface area (Å²) in [5, 5.41) is 11.8. The predicted octanol–water partition coefficient (Wildman–Crippen LogP) is 1.91. The number of aryl methyl sites for hydroxylation is 1. The number of rotatable bonds is 8. The van der Waals surface area contributed by atoms with E-state index < -0.39 is 0 Å². The summed E-state index contributed by atoms with van der Waals surface area (Å²) in [7, 11) is 0. The number of piperazine rings is 1. The predicted molar refractivity (Wildman–Crippen MR) is 99.8 cm³/mol. The summed E-state index contributed by atoms with van der Waals surface area (Å²) in [6.45, 7) is 8.45. The number of benzene rings is 1. The van der Waals surface area contributed by atoms with Gasteiger partial charge in [-0.3, -0.25) is 10.1 Å². The highest BCUT2D eigenvalue weighted by molar-refractivity contribution is 5.82. The number of nitro groups is 1. The Kier molecular flexibility index (Phi) is 6.01. The van der Waals surface area contributed by atoms with Crippen LogP contribution in [0.25, 0.3) is 10.9 Å². The lowest BCUT2D eigenvalue weighted by Crippen LogP contribution is -2.47. The van der Waals surface area contributed by atoms with E-state index in [1.54, 1.807) is 12.1 Å². The van der Waals surface area contributed by atoms with Gasteiger partial charge in [-0.25, -0.2) is 0 Å². The van der Waals surface area contributed by atoms with Crippen LogP contribution in [0.4, 0.5) is 5.69 Å². The maximum absolute atomic E-state index is 10.9. The molecule has 0 atom stereocenters. The first kappa shape index (κ1) is 17.8. The maximum atomic E-state index is 10.9. The Morgan fingerprint density at radius 2 is 1.68 bits per heavy atom. The number of nitrogens with two attached hydrogens (primary N) is 1. The molecule has 136 valence electrons. The second-order valence-electron chi connectivity index (χ2n) is 6.69. The van der Waals surface area contributed by atoms with E-state index in [-0.39, 0.29) is 10.6 Å². The summed E-state index contributed by atoms with van der Waals surface area (Å²) in [6, 6.07) is 7.04. The molecule has 25 heavy (non-hydrogen) atoms. The van der Waals surface area contributed by atoms with E-state index in [0.29, 0.717) is 0 Å². The topological polar surface area (TPSA) is 80.6 Å². The van der Waals surface area contributed by atoms with Gasteiger partial charge < -0.3 is 20.1 Å². The molecule has 1 fully saturated rings. The molecule has 1 saturated heterocycles. The first-order valence-corrected chi connectivity index (χ1v) is 9.05. The summed E-state index contributed by atoms with van der Waals surface area (Å²) >= 11 is 0. The van der Waals surface area contributed by atoms with Crippen LogP contribution in [0.1, 0.15) is 12.8 Å². The molecule has 0 saturated carbocycles. The third-order valence-electron chi connectivity index (χ3n) is 4.98. The largest absolute Gasteiger partial charge is 0.347 e. The smallest absolute Gasteiger partial charge is 0.270 e. The van der Waals surface area contributed by atoms with Gasteiger partial charge >= 0.3 is 0 Å². The van der Waals surface area contributed by atoms with Crippen LogP contribution in [-0.2, 0) is 6.54 Å². The van der Waals surface area contributed by atoms with Gasteiger partial charge in [0, 0.05) is 62.0 Å². The van der Waals surface area contributed by atoms with Crippen molar-refractivity contribution in [1.82, 2.24) is 14.4 Å². The van der Waals surface area contributed by atoms with Crippen LogP contribution >= 0.6 is 0 Å². The minimum Gasteiger partial charge on any atom is -0.347 e. The van der Waals surface area contributed by atoms with E-state index in [9.17, 15) is 10.1 Å². The van der Waals surface area contributed by atoms with Gasteiger partial charge in [0.15, 0.2) is 0 Å². The van der Waals surface area contributed by atoms with Crippen LogP contribution in [0.2, 0.25) is 0 Å². The number of non-ortho nitro benzene ring substituents is 1. The van der Waals surface area contributed by atoms with E-state index in [1.165, 1.54) is 0 Å². The van der Waals surface area contributed by atoms with Crippen molar-refractivity contribution < 1.29 is 4.92 Å².